The zero-order valence-corrected chi connectivity index (χ0v) is 16.7. The maximum atomic E-state index is 12.4. The van der Waals surface area contributed by atoms with E-state index in [4.69, 9.17) is 0 Å². The van der Waals surface area contributed by atoms with Crippen LogP contribution in [0, 0.1) is 0 Å². The number of benzene rings is 1. The normalized spacial score (nSPS) is 12.4. The summed E-state index contributed by atoms with van der Waals surface area (Å²) in [5, 5.41) is 3.13. The van der Waals surface area contributed by atoms with Crippen molar-refractivity contribution in [2.24, 2.45) is 7.05 Å². The van der Waals surface area contributed by atoms with Gasteiger partial charge in [-0.25, -0.2) is 28.1 Å². The highest BCUT2D eigenvalue weighted by Gasteiger charge is 2.18. The predicted molar refractivity (Wildman–Crippen MR) is 106 cm³/mol. The summed E-state index contributed by atoms with van der Waals surface area (Å²) in [6, 6.07) is 7.43. The second-order valence-electron chi connectivity index (χ2n) is 5.77. The third-order valence-corrected chi connectivity index (χ3v) is 6.17. The first-order valence-electron chi connectivity index (χ1n) is 8.20. The van der Waals surface area contributed by atoms with Gasteiger partial charge >= 0.3 is 0 Å². The van der Waals surface area contributed by atoms with Gasteiger partial charge in [0.1, 0.15) is 0 Å². The molecule has 0 spiro atoms. The van der Waals surface area contributed by atoms with Gasteiger partial charge in [0, 0.05) is 37.5 Å². The number of imidazole rings is 1. The van der Waals surface area contributed by atoms with E-state index in [0.717, 1.165) is 5.16 Å². The molecule has 9 nitrogen and oxygen atoms in total. The van der Waals surface area contributed by atoms with E-state index in [1.54, 1.807) is 25.4 Å². The van der Waals surface area contributed by atoms with Gasteiger partial charge in [0.2, 0.25) is 11.9 Å². The van der Waals surface area contributed by atoms with Crippen molar-refractivity contribution in [2.75, 3.05) is 10.0 Å². The molecule has 3 rings (SSSR count). The fourth-order valence-electron chi connectivity index (χ4n) is 2.17. The Morgan fingerprint density at radius 3 is 2.39 bits per heavy atom. The lowest BCUT2D eigenvalue weighted by atomic mass is 10.3. The zero-order chi connectivity index (χ0) is 20.1. The van der Waals surface area contributed by atoms with Crippen molar-refractivity contribution in [1.82, 2.24) is 19.5 Å². The molecule has 0 unspecified atom stereocenters. The first kappa shape index (κ1) is 19.8. The molecule has 11 heteroatoms. The second-order valence-corrected chi connectivity index (χ2v) is 8.76. The van der Waals surface area contributed by atoms with Gasteiger partial charge in [-0.15, -0.1) is 0 Å². The van der Waals surface area contributed by atoms with Crippen LogP contribution in [0.2, 0.25) is 0 Å². The molecule has 0 radical (unpaired) electrons. The lowest BCUT2D eigenvalue weighted by Crippen LogP contribution is -2.23. The van der Waals surface area contributed by atoms with Gasteiger partial charge in [-0.3, -0.25) is 4.79 Å². The van der Waals surface area contributed by atoms with Crippen LogP contribution in [0.3, 0.4) is 0 Å². The molecule has 0 aliphatic heterocycles. The van der Waals surface area contributed by atoms with Crippen LogP contribution in [0.1, 0.15) is 6.92 Å². The van der Waals surface area contributed by atoms with Gasteiger partial charge in [-0.1, -0.05) is 11.8 Å². The number of rotatable bonds is 7. The molecule has 3 aromatic rings. The summed E-state index contributed by atoms with van der Waals surface area (Å²) in [6.07, 6.45) is 6.35. The summed E-state index contributed by atoms with van der Waals surface area (Å²) < 4.78 is 28.8. The molecule has 0 bridgehead atoms. The van der Waals surface area contributed by atoms with Crippen molar-refractivity contribution in [2.45, 2.75) is 22.2 Å². The largest absolute Gasteiger partial charge is 0.329 e. The number of anilines is 2. The van der Waals surface area contributed by atoms with Gasteiger partial charge in [0.05, 0.1) is 10.1 Å². The molecule has 0 saturated heterocycles. The summed E-state index contributed by atoms with van der Waals surface area (Å²) in [6.45, 7) is 1.78. The summed E-state index contributed by atoms with van der Waals surface area (Å²) in [5.74, 6) is -0.223. The number of amides is 1. The van der Waals surface area contributed by atoms with E-state index < -0.39 is 10.0 Å². The van der Waals surface area contributed by atoms with Crippen molar-refractivity contribution in [3.8, 4) is 0 Å². The molecule has 2 aromatic heterocycles. The highest BCUT2D eigenvalue weighted by molar-refractivity contribution is 8.00. The molecular weight excluding hydrogens is 400 g/mol. The molecule has 0 saturated carbocycles. The lowest BCUT2D eigenvalue weighted by Gasteiger charge is -2.12. The molecular formula is C17H18N6O3S2. The summed E-state index contributed by atoms with van der Waals surface area (Å²) in [5.41, 5.74) is 0.493. The van der Waals surface area contributed by atoms with Crippen LogP contribution in [-0.2, 0) is 21.9 Å². The Labute approximate surface area is 166 Å². The molecule has 2 N–H and O–H groups in total. The van der Waals surface area contributed by atoms with Crippen LogP contribution in [0.4, 0.5) is 11.6 Å². The Morgan fingerprint density at radius 1 is 1.11 bits per heavy atom. The number of sulfonamides is 1. The maximum absolute atomic E-state index is 12.4. The number of carbonyl (C=O) groups excluding carboxylic acids is 1. The van der Waals surface area contributed by atoms with E-state index in [-0.39, 0.29) is 22.0 Å². The molecule has 0 fully saturated rings. The van der Waals surface area contributed by atoms with Gasteiger partial charge in [-0.05, 0) is 37.3 Å². The third kappa shape index (κ3) is 4.87. The van der Waals surface area contributed by atoms with Crippen molar-refractivity contribution >= 4 is 39.3 Å². The number of aromatic nitrogens is 4. The minimum absolute atomic E-state index is 0.0139. The molecule has 1 amide bonds. The summed E-state index contributed by atoms with van der Waals surface area (Å²) in [4.78, 5) is 24.2. The molecule has 1 atom stereocenters. The Morgan fingerprint density at radius 2 is 1.79 bits per heavy atom. The molecule has 2 heterocycles. The van der Waals surface area contributed by atoms with Gasteiger partial charge in [-0.2, -0.15) is 0 Å². The zero-order valence-electron chi connectivity index (χ0n) is 15.1. The Kier molecular flexibility index (Phi) is 5.95. The number of aryl methyl sites for hydroxylation is 1. The van der Waals surface area contributed by atoms with E-state index in [1.165, 1.54) is 48.4 Å². The smallest absolute Gasteiger partial charge is 0.264 e. The van der Waals surface area contributed by atoms with Gasteiger partial charge in [0.25, 0.3) is 10.0 Å². The summed E-state index contributed by atoms with van der Waals surface area (Å²) >= 11 is 1.33. The first-order chi connectivity index (χ1) is 13.3. The third-order valence-electron chi connectivity index (χ3n) is 3.65. The minimum atomic E-state index is -3.82. The molecule has 28 heavy (non-hydrogen) atoms. The highest BCUT2D eigenvalue weighted by atomic mass is 32.2. The Balaban J connectivity index is 1.63. The standard InChI is InChI=1S/C17H18N6O3S2/c1-12(27-17-20-10-11-23(17)2)15(24)21-13-4-6-14(7-5-13)28(25,26)22-16-18-8-3-9-19-16/h3-12H,1-2H3,(H,21,24)(H,18,19,22)/t12-/m1/s1. The van der Waals surface area contributed by atoms with Crippen LogP contribution in [0.25, 0.3) is 0 Å². The molecule has 0 aliphatic rings. The predicted octanol–water partition coefficient (Wildman–Crippen LogP) is 2.13. The fourth-order valence-corrected chi connectivity index (χ4v) is 3.96. The van der Waals surface area contributed by atoms with Crippen LogP contribution < -0.4 is 10.0 Å². The number of nitrogens with zero attached hydrogens (tertiary/aromatic N) is 4. The fraction of sp³-hybridized carbons (Fsp3) is 0.176. The average Bonchev–Trinajstić information content (AvgIpc) is 3.07. The Hall–Kier alpha value is -2.92. The first-order valence-corrected chi connectivity index (χ1v) is 10.6. The van der Waals surface area contributed by atoms with Crippen molar-refractivity contribution < 1.29 is 13.2 Å². The van der Waals surface area contributed by atoms with Gasteiger partial charge < -0.3 is 9.88 Å². The van der Waals surface area contributed by atoms with Crippen molar-refractivity contribution in [3.05, 3.63) is 55.1 Å². The van der Waals surface area contributed by atoms with Gasteiger partial charge in [0.15, 0.2) is 5.16 Å². The van der Waals surface area contributed by atoms with Crippen LogP contribution in [0.15, 0.2) is 65.2 Å². The monoisotopic (exact) mass is 418 g/mol. The molecule has 0 aliphatic carbocycles. The van der Waals surface area contributed by atoms with E-state index in [9.17, 15) is 13.2 Å². The van der Waals surface area contributed by atoms with E-state index in [1.807, 2.05) is 11.6 Å². The number of nitrogens with one attached hydrogen (secondary N) is 2. The number of thioether (sulfide) groups is 1. The van der Waals surface area contributed by atoms with Crippen LogP contribution in [0.5, 0.6) is 0 Å². The van der Waals surface area contributed by atoms with E-state index in [2.05, 4.69) is 25.0 Å². The number of carbonyl (C=O) groups is 1. The average molecular weight is 419 g/mol. The highest BCUT2D eigenvalue weighted by Crippen LogP contribution is 2.22. The van der Waals surface area contributed by atoms with E-state index in [0.29, 0.717) is 5.69 Å². The topological polar surface area (TPSA) is 119 Å². The SMILES string of the molecule is C[C@@H](Sc1nccn1C)C(=O)Nc1ccc(S(=O)(=O)Nc2ncccn2)cc1. The summed E-state index contributed by atoms with van der Waals surface area (Å²) in [7, 11) is -1.96. The lowest BCUT2D eigenvalue weighted by molar-refractivity contribution is -0.115. The molecule has 1 aromatic carbocycles. The second kappa shape index (κ2) is 8.40. The number of hydrogen-bond donors (Lipinski definition) is 2. The van der Waals surface area contributed by atoms with Crippen LogP contribution >= 0.6 is 11.8 Å². The van der Waals surface area contributed by atoms with Crippen molar-refractivity contribution in [1.29, 1.82) is 0 Å². The minimum Gasteiger partial charge on any atom is -0.329 e. The molecule has 146 valence electrons. The number of hydrogen-bond acceptors (Lipinski definition) is 7. The van der Waals surface area contributed by atoms with Crippen molar-refractivity contribution in [3.63, 3.8) is 0 Å². The Bertz CT molecular complexity index is 1050. The van der Waals surface area contributed by atoms with Crippen LogP contribution in [-0.4, -0.2) is 39.1 Å². The maximum Gasteiger partial charge on any atom is 0.264 e. The van der Waals surface area contributed by atoms with E-state index >= 15 is 0 Å². The quantitative estimate of drug-likeness (QED) is 0.564.